The number of fused-ring (bicyclic) bond motifs is 1. The molecule has 1 fully saturated rings. The van der Waals surface area contributed by atoms with Gasteiger partial charge in [-0.1, -0.05) is 32.0 Å². The lowest BCUT2D eigenvalue weighted by Gasteiger charge is -2.26. The number of benzene rings is 2. The number of carbonyl (C=O) groups excluding carboxylic acids is 2. The number of hydrogen-bond donors (Lipinski definition) is 1. The molecule has 2 amide bonds. The van der Waals surface area contributed by atoms with E-state index in [1.807, 2.05) is 13.8 Å². The molecule has 0 bridgehead atoms. The van der Waals surface area contributed by atoms with Gasteiger partial charge < -0.3 is 5.32 Å². The molecule has 152 valence electrons. The largest absolute Gasteiger partial charge is 0.351 e. The Kier molecular flexibility index (Phi) is 4.49. The number of sulfonamides is 1. The monoisotopic (exact) mass is 416 g/mol. The van der Waals surface area contributed by atoms with Crippen molar-refractivity contribution in [3.63, 3.8) is 0 Å². The second-order valence-corrected chi connectivity index (χ2v) is 9.88. The highest BCUT2D eigenvalue weighted by atomic mass is 32.2. The average Bonchev–Trinajstić information content (AvgIpc) is 3.47. The number of amides is 2. The van der Waals surface area contributed by atoms with Gasteiger partial charge in [-0.3, -0.25) is 9.59 Å². The zero-order valence-electron chi connectivity index (χ0n) is 16.1. The van der Waals surface area contributed by atoms with Crippen LogP contribution in [0.15, 0.2) is 47.4 Å². The summed E-state index contributed by atoms with van der Waals surface area (Å²) >= 11 is 0. The van der Waals surface area contributed by atoms with Crippen LogP contribution in [0.3, 0.4) is 0 Å². The maximum Gasteiger partial charge on any atom is 0.269 e. The molecule has 1 aliphatic heterocycles. The van der Waals surface area contributed by atoms with Gasteiger partial charge in [-0.05, 0) is 42.7 Å². The Hall–Kier alpha value is -2.74. The van der Waals surface area contributed by atoms with Crippen molar-refractivity contribution in [1.82, 2.24) is 9.62 Å². The van der Waals surface area contributed by atoms with E-state index in [9.17, 15) is 22.4 Å². The van der Waals surface area contributed by atoms with Crippen molar-refractivity contribution < 1.29 is 22.4 Å². The fourth-order valence-corrected chi connectivity index (χ4v) is 5.41. The molecule has 0 unspecified atom stereocenters. The molecule has 1 aliphatic carbocycles. The summed E-state index contributed by atoms with van der Waals surface area (Å²) in [6.45, 7) is 3.78. The highest BCUT2D eigenvalue weighted by molar-refractivity contribution is 7.90. The summed E-state index contributed by atoms with van der Waals surface area (Å²) < 4.78 is 40.5. The van der Waals surface area contributed by atoms with Gasteiger partial charge in [0.1, 0.15) is 10.7 Å². The second-order valence-electron chi connectivity index (χ2n) is 8.09. The lowest BCUT2D eigenvalue weighted by molar-refractivity contribution is 0.0863. The maximum absolute atomic E-state index is 14.1. The summed E-state index contributed by atoms with van der Waals surface area (Å²) in [5, 5.41) is 2.74. The Morgan fingerprint density at radius 1 is 1.21 bits per heavy atom. The van der Waals surface area contributed by atoms with E-state index in [2.05, 4.69) is 5.32 Å². The summed E-state index contributed by atoms with van der Waals surface area (Å²) in [6, 6.07) is 10.2. The smallest absolute Gasteiger partial charge is 0.269 e. The van der Waals surface area contributed by atoms with Crippen molar-refractivity contribution in [1.29, 1.82) is 0 Å². The van der Waals surface area contributed by atoms with Crippen molar-refractivity contribution in [2.75, 3.05) is 6.54 Å². The molecule has 2 aliphatic rings. The average molecular weight is 416 g/mol. The first-order valence-corrected chi connectivity index (χ1v) is 10.8. The molecule has 8 heteroatoms. The Labute approximate surface area is 168 Å². The molecule has 29 heavy (non-hydrogen) atoms. The van der Waals surface area contributed by atoms with E-state index in [4.69, 9.17) is 0 Å². The second kappa shape index (κ2) is 6.66. The van der Waals surface area contributed by atoms with Crippen LogP contribution in [0.1, 0.15) is 53.0 Å². The Morgan fingerprint density at radius 3 is 2.55 bits per heavy atom. The molecule has 1 N–H and O–H groups in total. The molecule has 0 saturated heterocycles. The van der Waals surface area contributed by atoms with E-state index in [0.717, 1.165) is 4.31 Å². The van der Waals surface area contributed by atoms with Gasteiger partial charge in [-0.25, -0.2) is 17.1 Å². The molecule has 4 rings (SSSR count). The quantitative estimate of drug-likeness (QED) is 0.813. The predicted molar refractivity (Wildman–Crippen MR) is 105 cm³/mol. The van der Waals surface area contributed by atoms with Crippen molar-refractivity contribution >= 4 is 21.8 Å². The summed E-state index contributed by atoms with van der Waals surface area (Å²) in [7, 11) is -3.93. The van der Waals surface area contributed by atoms with Crippen LogP contribution in [-0.2, 0) is 15.4 Å². The number of nitrogens with zero attached hydrogens (tertiary/aromatic N) is 1. The molecular weight excluding hydrogens is 395 g/mol. The van der Waals surface area contributed by atoms with E-state index in [1.54, 1.807) is 18.2 Å². The number of carbonyl (C=O) groups is 2. The number of rotatable bonds is 5. The first-order chi connectivity index (χ1) is 13.6. The van der Waals surface area contributed by atoms with Gasteiger partial charge in [-0.15, -0.1) is 0 Å². The minimum Gasteiger partial charge on any atom is -0.351 e. The van der Waals surface area contributed by atoms with Crippen molar-refractivity contribution in [2.24, 2.45) is 0 Å². The molecule has 0 aromatic heterocycles. The van der Waals surface area contributed by atoms with E-state index in [0.29, 0.717) is 18.4 Å². The zero-order chi connectivity index (χ0) is 21.0. The third-order valence-electron chi connectivity index (χ3n) is 5.38. The summed E-state index contributed by atoms with van der Waals surface area (Å²) in [5.74, 6) is -1.37. The van der Waals surface area contributed by atoms with Crippen molar-refractivity contribution in [2.45, 2.75) is 43.0 Å². The van der Waals surface area contributed by atoms with Gasteiger partial charge >= 0.3 is 0 Å². The Balaban J connectivity index is 1.55. The molecule has 2 aromatic carbocycles. The van der Waals surface area contributed by atoms with Gasteiger partial charge in [0.2, 0.25) is 0 Å². The molecule has 6 nitrogen and oxygen atoms in total. The molecule has 0 radical (unpaired) electrons. The van der Waals surface area contributed by atoms with Crippen LogP contribution in [0.25, 0.3) is 0 Å². The fraction of sp³-hybridized carbons (Fsp3) is 0.333. The molecular formula is C21H21FN2O4S. The standard InChI is InChI=1S/C21H21FN2O4S/c1-21(2,16-5-3-4-6-17(16)22)12-23-19(25)13-7-10-15-18(11-13)29(27,28)24(20(15)26)14-8-9-14/h3-7,10-11,14H,8-9,12H2,1-2H3,(H,23,25). The Bertz CT molecular complexity index is 1120. The minimum atomic E-state index is -3.93. The highest BCUT2D eigenvalue weighted by Crippen LogP contribution is 2.39. The molecule has 0 spiro atoms. The van der Waals surface area contributed by atoms with Crippen LogP contribution in [-0.4, -0.2) is 37.1 Å². The van der Waals surface area contributed by atoms with Gasteiger partial charge in [0.15, 0.2) is 0 Å². The highest BCUT2D eigenvalue weighted by Gasteiger charge is 2.48. The summed E-state index contributed by atoms with van der Waals surface area (Å²) in [6.07, 6.45) is 1.33. The van der Waals surface area contributed by atoms with Crippen molar-refractivity contribution in [3.8, 4) is 0 Å². The van der Waals surface area contributed by atoms with E-state index in [-0.39, 0.29) is 34.4 Å². The van der Waals surface area contributed by atoms with Crippen molar-refractivity contribution in [3.05, 3.63) is 65.0 Å². The summed E-state index contributed by atoms with van der Waals surface area (Å²) in [5.41, 5.74) is 0.0486. The molecule has 0 atom stereocenters. The fourth-order valence-electron chi connectivity index (χ4n) is 3.57. The van der Waals surface area contributed by atoms with Crippen LogP contribution in [0.2, 0.25) is 0 Å². The lowest BCUT2D eigenvalue weighted by atomic mass is 9.84. The lowest BCUT2D eigenvalue weighted by Crippen LogP contribution is -2.37. The normalized spacial score (nSPS) is 17.9. The predicted octanol–water partition coefficient (Wildman–Crippen LogP) is 2.84. The van der Waals surface area contributed by atoms with Gasteiger partial charge in [0.05, 0.1) is 5.56 Å². The third kappa shape index (κ3) is 3.31. The van der Waals surface area contributed by atoms with Crippen LogP contribution in [0.4, 0.5) is 4.39 Å². The topological polar surface area (TPSA) is 83.6 Å². The number of halogens is 1. The van der Waals surface area contributed by atoms with Crippen LogP contribution < -0.4 is 5.32 Å². The minimum absolute atomic E-state index is 0.0973. The SMILES string of the molecule is CC(C)(CNC(=O)c1ccc2c(c1)S(=O)(=O)N(C1CC1)C2=O)c1ccccc1F. The van der Waals surface area contributed by atoms with Gasteiger partial charge in [-0.2, -0.15) is 0 Å². The third-order valence-corrected chi connectivity index (χ3v) is 7.26. The first kappa shape index (κ1) is 19.6. The van der Waals surface area contributed by atoms with Gasteiger partial charge in [0.25, 0.3) is 21.8 Å². The molecule has 1 saturated carbocycles. The number of hydrogen-bond acceptors (Lipinski definition) is 4. The van der Waals surface area contributed by atoms with Crippen LogP contribution >= 0.6 is 0 Å². The van der Waals surface area contributed by atoms with E-state index < -0.39 is 27.3 Å². The number of nitrogens with one attached hydrogen (secondary N) is 1. The van der Waals surface area contributed by atoms with Crippen LogP contribution in [0.5, 0.6) is 0 Å². The maximum atomic E-state index is 14.1. The first-order valence-electron chi connectivity index (χ1n) is 9.39. The zero-order valence-corrected chi connectivity index (χ0v) is 16.9. The molecule has 2 aromatic rings. The van der Waals surface area contributed by atoms with Gasteiger partial charge in [0, 0.05) is 23.6 Å². The molecule has 1 heterocycles. The Morgan fingerprint density at radius 2 is 1.90 bits per heavy atom. The van der Waals surface area contributed by atoms with E-state index in [1.165, 1.54) is 24.3 Å². The summed E-state index contributed by atoms with van der Waals surface area (Å²) in [4.78, 5) is 24.9. The van der Waals surface area contributed by atoms with Crippen LogP contribution in [0, 0.1) is 5.82 Å². The van der Waals surface area contributed by atoms with E-state index >= 15 is 0 Å².